The first kappa shape index (κ1) is 15.7. The van der Waals surface area contributed by atoms with E-state index in [9.17, 15) is 8.42 Å². The summed E-state index contributed by atoms with van der Waals surface area (Å²) in [6, 6.07) is 18.3. The summed E-state index contributed by atoms with van der Waals surface area (Å²) >= 11 is 1.25. The summed E-state index contributed by atoms with van der Waals surface area (Å²) in [5.74, 6) is 0. The van der Waals surface area contributed by atoms with Gasteiger partial charge in [0.2, 0.25) is 0 Å². The van der Waals surface area contributed by atoms with E-state index in [1.807, 2.05) is 47.8 Å². The quantitative estimate of drug-likeness (QED) is 0.588. The zero-order valence-electron chi connectivity index (χ0n) is 13.0. The van der Waals surface area contributed by atoms with Crippen molar-refractivity contribution in [3.05, 3.63) is 72.2 Å². The van der Waals surface area contributed by atoms with E-state index in [1.54, 1.807) is 24.4 Å². The third-order valence-electron chi connectivity index (χ3n) is 3.68. The predicted molar refractivity (Wildman–Crippen MR) is 100 cm³/mol. The van der Waals surface area contributed by atoms with Gasteiger partial charge in [-0.15, -0.1) is 11.3 Å². The number of para-hydroxylation sites is 1. The molecule has 0 aliphatic heterocycles. The second-order valence-corrected chi connectivity index (χ2v) is 7.85. The number of nitrogens with one attached hydrogen (secondary N) is 1. The maximum absolute atomic E-state index is 12.8. The molecule has 25 heavy (non-hydrogen) atoms. The first-order valence-electron chi connectivity index (χ1n) is 7.51. The fourth-order valence-corrected chi connectivity index (χ4v) is 4.68. The molecule has 2 heterocycles. The summed E-state index contributed by atoms with van der Waals surface area (Å²) in [6.07, 6.45) is 1.58. The summed E-state index contributed by atoms with van der Waals surface area (Å²) in [5, 5.41) is 2.93. The molecule has 0 amide bonds. The molecule has 0 saturated heterocycles. The lowest BCUT2D eigenvalue weighted by atomic mass is 10.2. The molecule has 2 aromatic heterocycles. The van der Waals surface area contributed by atoms with Crippen molar-refractivity contribution in [1.29, 1.82) is 0 Å². The molecule has 0 radical (unpaired) electrons. The lowest BCUT2D eigenvalue weighted by Gasteiger charge is -2.07. The first-order chi connectivity index (χ1) is 12.1. The molecule has 0 fully saturated rings. The molecule has 4 aromatic rings. The van der Waals surface area contributed by atoms with Crippen molar-refractivity contribution in [3.8, 4) is 11.3 Å². The smallest absolute Gasteiger partial charge is 0.255 e. The lowest BCUT2D eigenvalue weighted by Crippen LogP contribution is -2.13. The van der Waals surface area contributed by atoms with Crippen LogP contribution in [0.25, 0.3) is 22.2 Å². The SMILES string of the molecule is O=S(=O)(Nc1nc(-c2ccccc2)cs1)c1cccc2cccnc12. The Morgan fingerprint density at radius 1 is 0.920 bits per heavy atom. The number of anilines is 1. The Hall–Kier alpha value is -2.77. The van der Waals surface area contributed by atoms with Crippen LogP contribution in [0.5, 0.6) is 0 Å². The van der Waals surface area contributed by atoms with E-state index in [0.717, 1.165) is 16.6 Å². The van der Waals surface area contributed by atoms with Crippen LogP contribution in [0.1, 0.15) is 0 Å². The molecule has 0 bridgehead atoms. The Balaban J connectivity index is 1.69. The van der Waals surface area contributed by atoms with Crippen LogP contribution in [0, 0.1) is 0 Å². The van der Waals surface area contributed by atoms with E-state index in [-0.39, 0.29) is 4.90 Å². The van der Waals surface area contributed by atoms with Gasteiger partial charge in [-0.25, -0.2) is 13.4 Å². The summed E-state index contributed by atoms with van der Waals surface area (Å²) < 4.78 is 28.1. The zero-order valence-corrected chi connectivity index (χ0v) is 14.6. The number of benzene rings is 2. The molecule has 0 unspecified atom stereocenters. The lowest BCUT2D eigenvalue weighted by molar-refractivity contribution is 0.602. The van der Waals surface area contributed by atoms with Gasteiger partial charge in [0.05, 0.1) is 11.2 Å². The summed E-state index contributed by atoms with van der Waals surface area (Å²) in [4.78, 5) is 8.73. The number of fused-ring (bicyclic) bond motifs is 1. The maximum atomic E-state index is 12.8. The molecule has 5 nitrogen and oxygen atoms in total. The Bertz CT molecular complexity index is 1130. The van der Waals surface area contributed by atoms with Crippen molar-refractivity contribution >= 4 is 37.4 Å². The fourth-order valence-electron chi connectivity index (χ4n) is 2.53. The van der Waals surface area contributed by atoms with Crippen molar-refractivity contribution in [3.63, 3.8) is 0 Å². The molecular formula is C18H13N3O2S2. The maximum Gasteiger partial charge on any atom is 0.265 e. The number of aromatic nitrogens is 2. The third kappa shape index (κ3) is 3.11. The minimum absolute atomic E-state index is 0.141. The van der Waals surface area contributed by atoms with Gasteiger partial charge in [0.1, 0.15) is 4.90 Å². The van der Waals surface area contributed by atoms with Gasteiger partial charge < -0.3 is 0 Å². The summed E-state index contributed by atoms with van der Waals surface area (Å²) in [5.41, 5.74) is 2.12. The Morgan fingerprint density at radius 3 is 2.56 bits per heavy atom. The normalized spacial score (nSPS) is 11.5. The molecule has 1 N–H and O–H groups in total. The molecule has 4 rings (SSSR count). The molecule has 0 saturated carbocycles. The van der Waals surface area contributed by atoms with Crippen LogP contribution in [0.3, 0.4) is 0 Å². The average molecular weight is 367 g/mol. The fraction of sp³-hybridized carbons (Fsp3) is 0. The van der Waals surface area contributed by atoms with Gasteiger partial charge in [0.15, 0.2) is 5.13 Å². The number of sulfonamides is 1. The summed E-state index contributed by atoms with van der Waals surface area (Å²) in [6.45, 7) is 0. The van der Waals surface area contributed by atoms with E-state index in [0.29, 0.717) is 10.6 Å². The number of thiazole rings is 1. The number of rotatable bonds is 4. The van der Waals surface area contributed by atoms with E-state index < -0.39 is 10.0 Å². The summed E-state index contributed by atoms with van der Waals surface area (Å²) in [7, 11) is -3.77. The van der Waals surface area contributed by atoms with E-state index in [2.05, 4.69) is 14.7 Å². The Morgan fingerprint density at radius 2 is 1.72 bits per heavy atom. The van der Waals surface area contributed by atoms with Gasteiger partial charge in [0, 0.05) is 22.5 Å². The van der Waals surface area contributed by atoms with Crippen molar-refractivity contribution < 1.29 is 8.42 Å². The van der Waals surface area contributed by atoms with E-state index in [1.165, 1.54) is 11.3 Å². The van der Waals surface area contributed by atoms with Gasteiger partial charge in [-0.05, 0) is 12.1 Å². The minimum atomic E-state index is -3.77. The minimum Gasteiger partial charge on any atom is -0.255 e. The third-order valence-corrected chi connectivity index (χ3v) is 5.94. The second-order valence-electron chi connectivity index (χ2n) is 5.34. The largest absolute Gasteiger partial charge is 0.265 e. The highest BCUT2D eigenvalue weighted by Crippen LogP contribution is 2.28. The van der Waals surface area contributed by atoms with Crippen LogP contribution in [-0.4, -0.2) is 18.4 Å². The molecule has 7 heteroatoms. The van der Waals surface area contributed by atoms with Crippen molar-refractivity contribution in [1.82, 2.24) is 9.97 Å². The zero-order chi connectivity index (χ0) is 17.3. The molecule has 0 aliphatic carbocycles. The van der Waals surface area contributed by atoms with Gasteiger partial charge >= 0.3 is 0 Å². The van der Waals surface area contributed by atoms with Gasteiger partial charge in [-0.2, -0.15) is 0 Å². The molecule has 124 valence electrons. The van der Waals surface area contributed by atoms with Crippen molar-refractivity contribution in [2.75, 3.05) is 4.72 Å². The molecule has 0 aliphatic rings. The number of pyridine rings is 1. The Labute approximate surface area is 149 Å². The van der Waals surface area contributed by atoms with Crippen LogP contribution in [0.4, 0.5) is 5.13 Å². The molecular weight excluding hydrogens is 354 g/mol. The standard InChI is InChI=1S/C18H13N3O2S2/c22-25(23,16-10-4-8-14-9-5-11-19-17(14)16)21-18-20-15(12-24-18)13-6-2-1-3-7-13/h1-12H,(H,20,21). The predicted octanol–water partition coefficient (Wildman–Crippen LogP) is 4.16. The van der Waals surface area contributed by atoms with Crippen LogP contribution in [0.15, 0.2) is 77.1 Å². The monoisotopic (exact) mass is 367 g/mol. The second kappa shape index (κ2) is 6.27. The highest BCUT2D eigenvalue weighted by atomic mass is 32.2. The van der Waals surface area contributed by atoms with Crippen LogP contribution in [-0.2, 0) is 10.0 Å². The van der Waals surface area contributed by atoms with Crippen LogP contribution in [0.2, 0.25) is 0 Å². The van der Waals surface area contributed by atoms with Gasteiger partial charge in [0.25, 0.3) is 10.0 Å². The van der Waals surface area contributed by atoms with Crippen LogP contribution >= 0.6 is 11.3 Å². The average Bonchev–Trinajstić information content (AvgIpc) is 3.10. The Kier molecular flexibility index (Phi) is 3.95. The van der Waals surface area contributed by atoms with Gasteiger partial charge in [-0.3, -0.25) is 9.71 Å². The highest BCUT2D eigenvalue weighted by molar-refractivity contribution is 7.93. The van der Waals surface area contributed by atoms with Crippen molar-refractivity contribution in [2.24, 2.45) is 0 Å². The topological polar surface area (TPSA) is 72.0 Å². The molecule has 0 atom stereocenters. The molecule has 0 spiro atoms. The van der Waals surface area contributed by atoms with E-state index >= 15 is 0 Å². The van der Waals surface area contributed by atoms with Crippen molar-refractivity contribution in [2.45, 2.75) is 4.90 Å². The van der Waals surface area contributed by atoms with E-state index in [4.69, 9.17) is 0 Å². The van der Waals surface area contributed by atoms with Crippen LogP contribution < -0.4 is 4.72 Å². The highest BCUT2D eigenvalue weighted by Gasteiger charge is 2.20. The number of hydrogen-bond acceptors (Lipinski definition) is 5. The number of nitrogens with zero attached hydrogens (tertiary/aromatic N) is 2. The molecule has 2 aromatic carbocycles. The first-order valence-corrected chi connectivity index (χ1v) is 9.87. The number of hydrogen-bond donors (Lipinski definition) is 1. The van der Waals surface area contributed by atoms with Gasteiger partial charge in [-0.1, -0.05) is 48.5 Å².